The van der Waals surface area contributed by atoms with Crippen molar-refractivity contribution >= 4 is 11.8 Å². The summed E-state index contributed by atoms with van der Waals surface area (Å²) in [5, 5.41) is 0. The van der Waals surface area contributed by atoms with Crippen LogP contribution in [0.2, 0.25) is 0 Å². The first-order valence-electron chi connectivity index (χ1n) is 4.98. The highest BCUT2D eigenvalue weighted by Crippen LogP contribution is 2.20. The molecule has 1 aromatic carbocycles. The number of imidazole rings is 1. The van der Waals surface area contributed by atoms with Crippen LogP contribution in [0.5, 0.6) is 0 Å². The average Bonchev–Trinajstić information content (AvgIpc) is 2.80. The van der Waals surface area contributed by atoms with Gasteiger partial charge in [-0.1, -0.05) is 24.3 Å². The van der Waals surface area contributed by atoms with E-state index in [2.05, 4.69) is 40.5 Å². The Morgan fingerprint density at radius 1 is 1.33 bits per heavy atom. The molecule has 2 aromatic rings. The Kier molecular flexibility index (Phi) is 3.45. The third-order valence-electron chi connectivity index (χ3n) is 2.35. The van der Waals surface area contributed by atoms with E-state index in [1.807, 2.05) is 18.0 Å². The second kappa shape index (κ2) is 5.03. The predicted octanol–water partition coefficient (Wildman–Crippen LogP) is 2.98. The lowest BCUT2D eigenvalue weighted by atomic mass is 10.1. The molecule has 0 aliphatic heterocycles. The van der Waals surface area contributed by atoms with Crippen LogP contribution in [0.3, 0.4) is 0 Å². The fraction of sp³-hybridized carbons (Fsp3) is 0.250. The molecule has 0 aliphatic rings. The first-order valence-corrected chi connectivity index (χ1v) is 6.38. The molecule has 0 bridgehead atoms. The van der Waals surface area contributed by atoms with E-state index < -0.39 is 0 Å². The molecule has 1 N–H and O–H groups in total. The number of aromatic amines is 1. The Balaban J connectivity index is 2.30. The van der Waals surface area contributed by atoms with E-state index in [0.29, 0.717) is 0 Å². The van der Waals surface area contributed by atoms with E-state index in [4.69, 9.17) is 0 Å². The monoisotopic (exact) mass is 218 g/mol. The van der Waals surface area contributed by atoms with Crippen LogP contribution in [0.25, 0.3) is 11.4 Å². The minimum Gasteiger partial charge on any atom is -0.345 e. The topological polar surface area (TPSA) is 28.7 Å². The molecule has 0 spiro atoms. The SMILES string of the molecule is CSCCc1ccccc1-c1ncc[nH]1. The maximum atomic E-state index is 4.29. The fourth-order valence-corrected chi connectivity index (χ4v) is 2.02. The molecule has 1 aromatic heterocycles. The van der Waals surface area contributed by atoms with Crippen molar-refractivity contribution in [3.05, 3.63) is 42.2 Å². The highest BCUT2D eigenvalue weighted by Gasteiger charge is 2.05. The quantitative estimate of drug-likeness (QED) is 0.854. The number of aryl methyl sites for hydroxylation is 1. The van der Waals surface area contributed by atoms with Gasteiger partial charge in [0.1, 0.15) is 5.82 Å². The van der Waals surface area contributed by atoms with Gasteiger partial charge in [0, 0.05) is 18.0 Å². The summed E-state index contributed by atoms with van der Waals surface area (Å²) in [5.41, 5.74) is 2.58. The molecular formula is C12H14N2S. The maximum Gasteiger partial charge on any atom is 0.137 e. The summed E-state index contributed by atoms with van der Waals surface area (Å²) in [6.07, 6.45) is 6.88. The number of hydrogen-bond acceptors (Lipinski definition) is 2. The minimum atomic E-state index is 0.965. The van der Waals surface area contributed by atoms with Gasteiger partial charge in [-0.25, -0.2) is 4.98 Å². The van der Waals surface area contributed by atoms with E-state index in [0.717, 1.165) is 18.0 Å². The van der Waals surface area contributed by atoms with Crippen molar-refractivity contribution in [2.24, 2.45) is 0 Å². The van der Waals surface area contributed by atoms with Crippen molar-refractivity contribution in [3.63, 3.8) is 0 Å². The summed E-state index contributed by atoms with van der Waals surface area (Å²) in [6.45, 7) is 0. The Bertz CT molecular complexity index is 409. The van der Waals surface area contributed by atoms with Gasteiger partial charge in [-0.2, -0.15) is 11.8 Å². The lowest BCUT2D eigenvalue weighted by molar-refractivity contribution is 1.15. The lowest BCUT2D eigenvalue weighted by Crippen LogP contribution is -1.93. The first kappa shape index (κ1) is 10.3. The molecule has 2 rings (SSSR count). The Hall–Kier alpha value is -1.22. The standard InChI is InChI=1S/C12H14N2S/c1-15-9-6-10-4-2-3-5-11(10)12-13-7-8-14-12/h2-5,7-8H,6,9H2,1H3,(H,13,14). The van der Waals surface area contributed by atoms with Gasteiger partial charge in [-0.15, -0.1) is 0 Å². The van der Waals surface area contributed by atoms with Crippen LogP contribution in [0, 0.1) is 0 Å². The Morgan fingerprint density at radius 3 is 2.93 bits per heavy atom. The summed E-state index contributed by atoms with van der Waals surface area (Å²) >= 11 is 1.87. The summed E-state index contributed by atoms with van der Waals surface area (Å²) in [7, 11) is 0. The van der Waals surface area contributed by atoms with Gasteiger partial charge in [0.25, 0.3) is 0 Å². The van der Waals surface area contributed by atoms with Crippen LogP contribution in [-0.2, 0) is 6.42 Å². The Morgan fingerprint density at radius 2 is 2.20 bits per heavy atom. The van der Waals surface area contributed by atoms with E-state index >= 15 is 0 Å². The van der Waals surface area contributed by atoms with E-state index in [9.17, 15) is 0 Å². The third kappa shape index (κ3) is 2.42. The second-order valence-electron chi connectivity index (χ2n) is 3.34. The lowest BCUT2D eigenvalue weighted by Gasteiger charge is -2.05. The molecule has 15 heavy (non-hydrogen) atoms. The molecular weight excluding hydrogens is 204 g/mol. The summed E-state index contributed by atoms with van der Waals surface area (Å²) in [5.74, 6) is 2.12. The number of benzene rings is 1. The molecule has 0 radical (unpaired) electrons. The summed E-state index contributed by atoms with van der Waals surface area (Å²) in [6, 6.07) is 8.44. The number of H-pyrrole nitrogens is 1. The van der Waals surface area contributed by atoms with Crippen molar-refractivity contribution in [2.45, 2.75) is 6.42 Å². The average molecular weight is 218 g/mol. The summed E-state index contributed by atoms with van der Waals surface area (Å²) < 4.78 is 0. The van der Waals surface area contributed by atoms with Crippen molar-refractivity contribution in [1.82, 2.24) is 9.97 Å². The van der Waals surface area contributed by atoms with Gasteiger partial charge < -0.3 is 4.98 Å². The number of rotatable bonds is 4. The summed E-state index contributed by atoms with van der Waals surface area (Å²) in [4.78, 5) is 7.45. The van der Waals surface area contributed by atoms with Crippen LogP contribution < -0.4 is 0 Å². The number of hydrogen-bond donors (Lipinski definition) is 1. The molecule has 0 aliphatic carbocycles. The zero-order valence-electron chi connectivity index (χ0n) is 8.73. The van der Waals surface area contributed by atoms with Crippen molar-refractivity contribution in [2.75, 3.05) is 12.0 Å². The number of thioether (sulfide) groups is 1. The van der Waals surface area contributed by atoms with E-state index in [1.54, 1.807) is 6.20 Å². The van der Waals surface area contributed by atoms with Crippen molar-refractivity contribution in [3.8, 4) is 11.4 Å². The van der Waals surface area contributed by atoms with Crippen LogP contribution in [0.15, 0.2) is 36.7 Å². The minimum absolute atomic E-state index is 0.965. The highest BCUT2D eigenvalue weighted by molar-refractivity contribution is 7.98. The predicted molar refractivity (Wildman–Crippen MR) is 66.1 cm³/mol. The van der Waals surface area contributed by atoms with Crippen LogP contribution in [0.1, 0.15) is 5.56 Å². The van der Waals surface area contributed by atoms with Gasteiger partial charge >= 0.3 is 0 Å². The molecule has 78 valence electrons. The maximum absolute atomic E-state index is 4.29. The van der Waals surface area contributed by atoms with E-state index in [-0.39, 0.29) is 0 Å². The van der Waals surface area contributed by atoms with Gasteiger partial charge in [-0.3, -0.25) is 0 Å². The molecule has 0 saturated carbocycles. The zero-order valence-corrected chi connectivity index (χ0v) is 9.55. The van der Waals surface area contributed by atoms with Crippen LogP contribution in [0.4, 0.5) is 0 Å². The fourth-order valence-electron chi connectivity index (χ4n) is 1.59. The van der Waals surface area contributed by atoms with Gasteiger partial charge in [0.05, 0.1) is 0 Å². The van der Waals surface area contributed by atoms with Crippen LogP contribution >= 0.6 is 11.8 Å². The number of nitrogens with zero attached hydrogens (tertiary/aromatic N) is 1. The zero-order chi connectivity index (χ0) is 10.5. The molecule has 0 amide bonds. The van der Waals surface area contributed by atoms with Crippen molar-refractivity contribution < 1.29 is 0 Å². The molecule has 1 heterocycles. The molecule has 3 heteroatoms. The second-order valence-corrected chi connectivity index (χ2v) is 4.32. The Labute approximate surface area is 94.1 Å². The molecule has 0 fully saturated rings. The first-order chi connectivity index (χ1) is 7.42. The largest absolute Gasteiger partial charge is 0.345 e. The van der Waals surface area contributed by atoms with Gasteiger partial charge in [-0.05, 0) is 24.0 Å². The molecule has 0 saturated heterocycles. The van der Waals surface area contributed by atoms with Gasteiger partial charge in [0.2, 0.25) is 0 Å². The van der Waals surface area contributed by atoms with Crippen molar-refractivity contribution in [1.29, 1.82) is 0 Å². The number of aromatic nitrogens is 2. The number of nitrogens with one attached hydrogen (secondary N) is 1. The third-order valence-corrected chi connectivity index (χ3v) is 2.96. The molecule has 2 nitrogen and oxygen atoms in total. The molecule has 0 unspecified atom stereocenters. The smallest absolute Gasteiger partial charge is 0.137 e. The normalized spacial score (nSPS) is 10.5. The highest BCUT2D eigenvalue weighted by atomic mass is 32.2. The van der Waals surface area contributed by atoms with Gasteiger partial charge in [0.15, 0.2) is 0 Å². The van der Waals surface area contributed by atoms with Crippen LogP contribution in [-0.4, -0.2) is 22.0 Å². The van der Waals surface area contributed by atoms with E-state index in [1.165, 1.54) is 11.1 Å². The molecule has 0 atom stereocenters.